The first-order valence-corrected chi connectivity index (χ1v) is 8.91. The molecule has 3 rings (SSSR count). The highest BCUT2D eigenvalue weighted by Crippen LogP contribution is 2.23. The van der Waals surface area contributed by atoms with E-state index in [9.17, 15) is 14.7 Å². The van der Waals surface area contributed by atoms with E-state index in [1.165, 1.54) is 0 Å². The number of rotatable bonds is 6. The number of amides is 1. The largest absolute Gasteiger partial charge is 0.497 e. The predicted octanol–water partition coefficient (Wildman–Crippen LogP) is 3.56. The van der Waals surface area contributed by atoms with E-state index >= 15 is 0 Å². The number of nitrogens with zero attached hydrogens (tertiary/aromatic N) is 2. The summed E-state index contributed by atoms with van der Waals surface area (Å²) in [5.74, 6) is -0.664. The Kier molecular flexibility index (Phi) is 5.78. The zero-order valence-electron chi connectivity index (χ0n) is 16.3. The molecule has 0 unspecified atom stereocenters. The SMILES string of the molecule is COc1ccc(C(=O)N/N=C\c2cc(C)n(-c3ccccc3C(=O)O)c2C)cc1. The van der Waals surface area contributed by atoms with Crippen molar-refractivity contribution in [2.45, 2.75) is 13.8 Å². The molecular formula is C22H21N3O4. The molecule has 0 spiro atoms. The monoisotopic (exact) mass is 391 g/mol. The molecule has 0 aliphatic carbocycles. The third-order valence-electron chi connectivity index (χ3n) is 4.57. The fourth-order valence-corrected chi connectivity index (χ4v) is 3.11. The Morgan fingerprint density at radius 3 is 2.45 bits per heavy atom. The van der Waals surface area contributed by atoms with Gasteiger partial charge in [0, 0.05) is 22.5 Å². The zero-order chi connectivity index (χ0) is 21.0. The predicted molar refractivity (Wildman–Crippen MR) is 110 cm³/mol. The highest BCUT2D eigenvalue weighted by atomic mass is 16.5. The molecule has 1 heterocycles. The summed E-state index contributed by atoms with van der Waals surface area (Å²) in [6.07, 6.45) is 1.55. The number of carbonyl (C=O) groups excluding carboxylic acids is 1. The average Bonchev–Trinajstić information content (AvgIpc) is 3.01. The van der Waals surface area contributed by atoms with E-state index in [0.717, 1.165) is 17.0 Å². The molecule has 0 atom stereocenters. The van der Waals surface area contributed by atoms with Crippen LogP contribution in [0, 0.1) is 13.8 Å². The standard InChI is InChI=1S/C22H21N3O4/c1-14-12-17(13-23-24-21(26)16-8-10-18(29-3)11-9-16)15(2)25(14)20-7-5-4-6-19(20)22(27)28/h4-13H,1-3H3,(H,24,26)(H,27,28)/b23-13-. The molecule has 2 N–H and O–H groups in total. The summed E-state index contributed by atoms with van der Waals surface area (Å²) in [4.78, 5) is 23.7. The summed E-state index contributed by atoms with van der Waals surface area (Å²) in [6.45, 7) is 3.76. The molecule has 0 bridgehead atoms. The highest BCUT2D eigenvalue weighted by molar-refractivity contribution is 5.95. The molecule has 1 amide bonds. The molecule has 1 aromatic heterocycles. The van der Waals surface area contributed by atoms with E-state index in [0.29, 0.717) is 17.0 Å². The molecule has 0 aliphatic rings. The molecule has 0 radical (unpaired) electrons. The molecule has 0 saturated carbocycles. The molecule has 29 heavy (non-hydrogen) atoms. The van der Waals surface area contributed by atoms with E-state index in [1.54, 1.807) is 61.9 Å². The van der Waals surface area contributed by atoms with Crippen LogP contribution >= 0.6 is 0 Å². The maximum absolute atomic E-state index is 12.2. The van der Waals surface area contributed by atoms with Crippen LogP contribution < -0.4 is 10.2 Å². The van der Waals surface area contributed by atoms with Crippen LogP contribution in [0.5, 0.6) is 5.75 Å². The van der Waals surface area contributed by atoms with Gasteiger partial charge in [0.05, 0.1) is 24.6 Å². The summed E-state index contributed by atoms with van der Waals surface area (Å²) >= 11 is 0. The van der Waals surface area contributed by atoms with Gasteiger partial charge in [0.2, 0.25) is 0 Å². The summed E-state index contributed by atoms with van der Waals surface area (Å²) < 4.78 is 6.93. The van der Waals surface area contributed by atoms with Crippen molar-refractivity contribution in [1.29, 1.82) is 0 Å². The maximum Gasteiger partial charge on any atom is 0.337 e. The number of benzene rings is 2. The van der Waals surface area contributed by atoms with Gasteiger partial charge in [0.15, 0.2) is 0 Å². The number of ether oxygens (including phenoxy) is 1. The lowest BCUT2D eigenvalue weighted by atomic mass is 10.1. The third kappa shape index (κ3) is 4.19. The fraction of sp³-hybridized carbons (Fsp3) is 0.136. The van der Waals surface area contributed by atoms with Gasteiger partial charge < -0.3 is 14.4 Å². The first kappa shape index (κ1) is 19.9. The van der Waals surface area contributed by atoms with Crippen molar-refractivity contribution in [2.75, 3.05) is 7.11 Å². The van der Waals surface area contributed by atoms with Crippen LogP contribution in [-0.4, -0.2) is 34.9 Å². The Morgan fingerprint density at radius 2 is 1.79 bits per heavy atom. The third-order valence-corrected chi connectivity index (χ3v) is 4.57. The number of hydrogen-bond donors (Lipinski definition) is 2. The number of aryl methyl sites for hydroxylation is 1. The first-order chi connectivity index (χ1) is 13.9. The van der Waals surface area contributed by atoms with Crippen molar-refractivity contribution in [3.05, 3.63) is 82.7 Å². The van der Waals surface area contributed by atoms with E-state index in [-0.39, 0.29) is 11.5 Å². The van der Waals surface area contributed by atoms with E-state index in [4.69, 9.17) is 4.74 Å². The second kappa shape index (κ2) is 8.43. The van der Waals surface area contributed by atoms with Gasteiger partial charge in [-0.25, -0.2) is 10.2 Å². The molecule has 0 saturated heterocycles. The molecule has 148 valence electrons. The molecular weight excluding hydrogens is 370 g/mol. The van der Waals surface area contributed by atoms with Gasteiger partial charge in [-0.1, -0.05) is 12.1 Å². The second-order valence-corrected chi connectivity index (χ2v) is 6.41. The van der Waals surface area contributed by atoms with Gasteiger partial charge >= 0.3 is 5.97 Å². The van der Waals surface area contributed by atoms with E-state index in [2.05, 4.69) is 10.5 Å². The topological polar surface area (TPSA) is 92.9 Å². The minimum Gasteiger partial charge on any atom is -0.497 e. The average molecular weight is 391 g/mol. The van der Waals surface area contributed by atoms with Gasteiger partial charge in [0.1, 0.15) is 5.75 Å². The Labute approximate surface area is 168 Å². The Bertz CT molecular complexity index is 1080. The molecule has 0 fully saturated rings. The van der Waals surface area contributed by atoms with Crippen LogP contribution in [0.25, 0.3) is 5.69 Å². The van der Waals surface area contributed by atoms with Crippen LogP contribution in [0.3, 0.4) is 0 Å². The van der Waals surface area contributed by atoms with E-state index < -0.39 is 5.97 Å². The quantitative estimate of drug-likeness (QED) is 0.496. The number of aromatic carboxylic acids is 1. The molecule has 7 nitrogen and oxygen atoms in total. The number of carboxylic acid groups (broad SMARTS) is 1. The number of hydrazone groups is 1. The van der Waals surface area contributed by atoms with Crippen LogP contribution in [-0.2, 0) is 0 Å². The van der Waals surface area contributed by atoms with Crippen molar-refractivity contribution in [3.63, 3.8) is 0 Å². The normalized spacial score (nSPS) is 10.9. The van der Waals surface area contributed by atoms with Crippen molar-refractivity contribution in [1.82, 2.24) is 9.99 Å². The number of carboxylic acids is 1. The number of para-hydroxylation sites is 1. The van der Waals surface area contributed by atoms with Crippen molar-refractivity contribution >= 4 is 18.1 Å². The fourth-order valence-electron chi connectivity index (χ4n) is 3.11. The van der Waals surface area contributed by atoms with E-state index in [1.807, 2.05) is 24.5 Å². The molecule has 7 heteroatoms. The minimum atomic E-state index is -0.991. The lowest BCUT2D eigenvalue weighted by Gasteiger charge is -2.12. The van der Waals surface area contributed by atoms with Gasteiger partial charge in [-0.15, -0.1) is 0 Å². The molecule has 0 aliphatic heterocycles. The van der Waals surface area contributed by atoms with Gasteiger partial charge in [0.25, 0.3) is 5.91 Å². The zero-order valence-corrected chi connectivity index (χ0v) is 16.3. The lowest BCUT2D eigenvalue weighted by Crippen LogP contribution is -2.17. The van der Waals surface area contributed by atoms with Crippen molar-refractivity contribution < 1.29 is 19.4 Å². The molecule has 3 aromatic rings. The van der Waals surface area contributed by atoms with Crippen molar-refractivity contribution in [3.8, 4) is 11.4 Å². The summed E-state index contributed by atoms with van der Waals surface area (Å²) in [5.41, 5.74) is 6.21. The summed E-state index contributed by atoms with van der Waals surface area (Å²) in [7, 11) is 1.56. The summed E-state index contributed by atoms with van der Waals surface area (Å²) in [5, 5.41) is 13.5. The maximum atomic E-state index is 12.2. The number of methoxy groups -OCH3 is 1. The minimum absolute atomic E-state index is 0.214. The Balaban J connectivity index is 1.82. The van der Waals surface area contributed by atoms with Gasteiger partial charge in [-0.05, 0) is 56.3 Å². The van der Waals surface area contributed by atoms with Crippen molar-refractivity contribution in [2.24, 2.45) is 5.10 Å². The Hall–Kier alpha value is -3.87. The molecule has 2 aromatic carbocycles. The number of hydrogen-bond acceptors (Lipinski definition) is 4. The number of nitrogens with one attached hydrogen (secondary N) is 1. The summed E-state index contributed by atoms with van der Waals surface area (Å²) in [6, 6.07) is 15.4. The lowest BCUT2D eigenvalue weighted by molar-refractivity contribution is 0.0696. The van der Waals surface area contributed by atoms with Gasteiger partial charge in [-0.3, -0.25) is 4.79 Å². The van der Waals surface area contributed by atoms with Crippen LogP contribution in [0.2, 0.25) is 0 Å². The van der Waals surface area contributed by atoms with Crippen LogP contribution in [0.1, 0.15) is 37.7 Å². The number of carbonyl (C=O) groups is 2. The number of aromatic nitrogens is 1. The highest BCUT2D eigenvalue weighted by Gasteiger charge is 2.16. The smallest absolute Gasteiger partial charge is 0.337 e. The first-order valence-electron chi connectivity index (χ1n) is 8.91. The van der Waals surface area contributed by atoms with Crippen LogP contribution in [0.15, 0.2) is 59.7 Å². The van der Waals surface area contributed by atoms with Gasteiger partial charge in [-0.2, -0.15) is 5.10 Å². The van der Waals surface area contributed by atoms with Crippen LogP contribution in [0.4, 0.5) is 0 Å². The second-order valence-electron chi connectivity index (χ2n) is 6.41. The Morgan fingerprint density at radius 1 is 1.10 bits per heavy atom.